The molecule has 2 rings (SSSR count). The van der Waals surface area contributed by atoms with E-state index in [4.69, 9.17) is 23.2 Å². The van der Waals surface area contributed by atoms with Crippen molar-refractivity contribution in [1.29, 1.82) is 0 Å². The third-order valence-corrected chi connectivity index (χ3v) is 2.90. The summed E-state index contributed by atoms with van der Waals surface area (Å²) in [5, 5.41) is 7.54. The first-order valence-corrected chi connectivity index (χ1v) is 5.43. The number of aliphatic imine (C=N–C) groups is 1. The molecule has 15 heavy (non-hydrogen) atoms. The summed E-state index contributed by atoms with van der Waals surface area (Å²) in [6.45, 7) is 3.57. The third kappa shape index (κ3) is 2.36. The lowest BCUT2D eigenvalue weighted by molar-refractivity contribution is 0.959. The van der Waals surface area contributed by atoms with Crippen LogP contribution in [-0.4, -0.2) is 19.0 Å². The van der Waals surface area contributed by atoms with Crippen LogP contribution in [0.4, 0.5) is 5.69 Å². The second-order valence-electron chi connectivity index (χ2n) is 3.36. The first-order valence-electron chi connectivity index (χ1n) is 4.68. The van der Waals surface area contributed by atoms with E-state index in [2.05, 4.69) is 15.6 Å². The van der Waals surface area contributed by atoms with Gasteiger partial charge in [0.05, 0.1) is 17.3 Å². The molecule has 0 atom stereocenters. The van der Waals surface area contributed by atoms with Crippen molar-refractivity contribution < 1.29 is 0 Å². The number of rotatable bonds is 1. The van der Waals surface area contributed by atoms with Gasteiger partial charge in [-0.25, -0.2) is 0 Å². The van der Waals surface area contributed by atoms with Crippen molar-refractivity contribution in [1.82, 2.24) is 5.32 Å². The predicted molar refractivity (Wildman–Crippen MR) is 65.1 cm³/mol. The van der Waals surface area contributed by atoms with Crippen LogP contribution in [0.3, 0.4) is 0 Å². The summed E-state index contributed by atoms with van der Waals surface area (Å²) in [5.41, 5.74) is 1.74. The average Bonchev–Trinajstić information content (AvgIpc) is 2.67. The number of benzene rings is 1. The number of anilines is 1. The maximum Gasteiger partial charge on any atom is 0.195 e. The summed E-state index contributed by atoms with van der Waals surface area (Å²) in [6, 6.07) is 3.64. The molecule has 1 aromatic carbocycles. The molecular formula is C10H11Cl2N3. The van der Waals surface area contributed by atoms with E-state index in [0.29, 0.717) is 10.0 Å². The Morgan fingerprint density at radius 3 is 2.80 bits per heavy atom. The normalized spacial score (nSPS) is 14.7. The van der Waals surface area contributed by atoms with Gasteiger partial charge >= 0.3 is 0 Å². The molecule has 1 aliphatic rings. The van der Waals surface area contributed by atoms with E-state index in [1.807, 2.05) is 19.1 Å². The van der Waals surface area contributed by atoms with Crippen LogP contribution in [0.1, 0.15) is 5.56 Å². The van der Waals surface area contributed by atoms with Gasteiger partial charge in [-0.3, -0.25) is 4.99 Å². The van der Waals surface area contributed by atoms with Crippen LogP contribution in [0.2, 0.25) is 10.0 Å². The second-order valence-corrected chi connectivity index (χ2v) is 4.18. The van der Waals surface area contributed by atoms with Crippen molar-refractivity contribution in [3.63, 3.8) is 0 Å². The molecule has 1 heterocycles. The minimum absolute atomic E-state index is 0.647. The highest BCUT2D eigenvalue weighted by Crippen LogP contribution is 2.28. The van der Waals surface area contributed by atoms with Crippen LogP contribution in [0.25, 0.3) is 0 Å². The van der Waals surface area contributed by atoms with Crippen LogP contribution in [0, 0.1) is 6.92 Å². The Bertz CT molecular complexity index is 415. The van der Waals surface area contributed by atoms with Gasteiger partial charge in [-0.15, -0.1) is 0 Å². The molecule has 0 saturated heterocycles. The zero-order chi connectivity index (χ0) is 10.8. The Kier molecular flexibility index (Phi) is 3.03. The molecule has 3 nitrogen and oxygen atoms in total. The topological polar surface area (TPSA) is 36.4 Å². The lowest BCUT2D eigenvalue weighted by Gasteiger charge is -2.10. The van der Waals surface area contributed by atoms with Gasteiger partial charge in [0.1, 0.15) is 0 Å². The van der Waals surface area contributed by atoms with Gasteiger partial charge in [-0.2, -0.15) is 0 Å². The maximum atomic E-state index is 6.08. The van der Waals surface area contributed by atoms with Gasteiger partial charge < -0.3 is 10.6 Å². The Labute approximate surface area is 98.5 Å². The van der Waals surface area contributed by atoms with Crippen LogP contribution < -0.4 is 10.6 Å². The van der Waals surface area contributed by atoms with Gasteiger partial charge in [0, 0.05) is 11.6 Å². The Morgan fingerprint density at radius 1 is 1.33 bits per heavy atom. The fourth-order valence-corrected chi connectivity index (χ4v) is 1.78. The summed E-state index contributed by atoms with van der Waals surface area (Å²) in [6.07, 6.45) is 0. The van der Waals surface area contributed by atoms with Crippen LogP contribution in [0.5, 0.6) is 0 Å². The molecular weight excluding hydrogens is 233 g/mol. The van der Waals surface area contributed by atoms with E-state index in [9.17, 15) is 0 Å². The number of nitrogens with one attached hydrogen (secondary N) is 2. The first-order chi connectivity index (χ1) is 7.16. The Balaban J connectivity index is 2.24. The Hall–Kier alpha value is -0.930. The van der Waals surface area contributed by atoms with E-state index >= 15 is 0 Å². The van der Waals surface area contributed by atoms with E-state index in [-0.39, 0.29) is 0 Å². The molecule has 0 aliphatic carbocycles. The molecule has 0 fully saturated rings. The Morgan fingerprint density at radius 2 is 2.13 bits per heavy atom. The van der Waals surface area contributed by atoms with Crippen molar-refractivity contribution in [3.05, 3.63) is 27.7 Å². The molecule has 0 radical (unpaired) electrons. The summed E-state index contributed by atoms with van der Waals surface area (Å²) in [4.78, 5) is 4.22. The average molecular weight is 244 g/mol. The smallest absolute Gasteiger partial charge is 0.195 e. The molecule has 0 unspecified atom stereocenters. The standard InChI is InChI=1S/C10H11Cl2N3/c1-6-4-8(12)9(5-7(6)11)15-10-13-2-3-14-10/h4-5H,2-3H2,1H3,(H2,13,14,15). The lowest BCUT2D eigenvalue weighted by atomic mass is 10.2. The molecule has 1 aromatic rings. The van der Waals surface area contributed by atoms with Crippen molar-refractivity contribution in [2.75, 3.05) is 18.4 Å². The molecule has 80 valence electrons. The van der Waals surface area contributed by atoms with Crippen LogP contribution in [-0.2, 0) is 0 Å². The highest BCUT2D eigenvalue weighted by molar-refractivity contribution is 6.36. The molecule has 2 N–H and O–H groups in total. The number of aryl methyl sites for hydroxylation is 1. The zero-order valence-corrected chi connectivity index (χ0v) is 9.78. The lowest BCUT2D eigenvalue weighted by Crippen LogP contribution is -2.26. The number of halogens is 2. The van der Waals surface area contributed by atoms with Crippen molar-refractivity contribution >= 4 is 34.8 Å². The molecule has 0 spiro atoms. The number of hydrogen-bond donors (Lipinski definition) is 2. The predicted octanol–water partition coefficient (Wildman–Crippen LogP) is 2.67. The first kappa shape index (κ1) is 10.6. The molecule has 1 aliphatic heterocycles. The largest absolute Gasteiger partial charge is 0.354 e. The summed E-state index contributed by atoms with van der Waals surface area (Å²) in [7, 11) is 0. The van der Waals surface area contributed by atoms with Crippen LogP contribution in [0.15, 0.2) is 17.1 Å². The molecule has 0 aromatic heterocycles. The highest BCUT2D eigenvalue weighted by Gasteiger charge is 2.09. The number of hydrogen-bond acceptors (Lipinski definition) is 3. The minimum Gasteiger partial charge on any atom is -0.354 e. The van der Waals surface area contributed by atoms with Gasteiger partial charge in [0.15, 0.2) is 5.96 Å². The monoisotopic (exact) mass is 243 g/mol. The fraction of sp³-hybridized carbons (Fsp3) is 0.300. The second kappa shape index (κ2) is 4.29. The molecule has 0 saturated carbocycles. The molecule has 0 bridgehead atoms. The zero-order valence-electron chi connectivity index (χ0n) is 8.27. The maximum absolute atomic E-state index is 6.08. The van der Waals surface area contributed by atoms with Crippen LogP contribution >= 0.6 is 23.2 Å². The van der Waals surface area contributed by atoms with Gasteiger partial charge in [-0.1, -0.05) is 23.2 Å². The third-order valence-electron chi connectivity index (χ3n) is 2.18. The van der Waals surface area contributed by atoms with Crippen molar-refractivity contribution in [2.24, 2.45) is 4.99 Å². The summed E-state index contributed by atoms with van der Waals surface area (Å²) in [5.74, 6) is 0.747. The van der Waals surface area contributed by atoms with Gasteiger partial charge in [0.2, 0.25) is 0 Å². The number of nitrogens with zero attached hydrogens (tertiary/aromatic N) is 1. The molecule has 5 heteroatoms. The summed E-state index contributed by atoms with van der Waals surface area (Å²) < 4.78 is 0. The SMILES string of the molecule is Cc1cc(Cl)c(NC2=NCCN2)cc1Cl. The highest BCUT2D eigenvalue weighted by atomic mass is 35.5. The quantitative estimate of drug-likeness (QED) is 0.796. The summed E-state index contributed by atoms with van der Waals surface area (Å²) >= 11 is 12.1. The van der Waals surface area contributed by atoms with E-state index in [1.54, 1.807) is 0 Å². The van der Waals surface area contributed by atoms with E-state index in [0.717, 1.165) is 30.3 Å². The van der Waals surface area contributed by atoms with Gasteiger partial charge in [-0.05, 0) is 24.6 Å². The fourth-order valence-electron chi connectivity index (χ4n) is 1.35. The number of guanidine groups is 1. The van der Waals surface area contributed by atoms with E-state index < -0.39 is 0 Å². The van der Waals surface area contributed by atoms with E-state index in [1.165, 1.54) is 0 Å². The molecule has 0 amide bonds. The van der Waals surface area contributed by atoms with Gasteiger partial charge in [0.25, 0.3) is 0 Å². The minimum atomic E-state index is 0.647. The van der Waals surface area contributed by atoms with Crippen molar-refractivity contribution in [2.45, 2.75) is 6.92 Å². The van der Waals surface area contributed by atoms with Crippen molar-refractivity contribution in [3.8, 4) is 0 Å².